The van der Waals surface area contributed by atoms with Gasteiger partial charge in [0.1, 0.15) is 6.10 Å². The number of aliphatic hydroxyl groups is 1. The zero-order chi connectivity index (χ0) is 13.9. The van der Waals surface area contributed by atoms with Crippen LogP contribution in [0.5, 0.6) is 0 Å². The van der Waals surface area contributed by atoms with Crippen LogP contribution in [0.2, 0.25) is 0 Å². The van der Waals surface area contributed by atoms with E-state index in [0.717, 1.165) is 35.0 Å². The predicted octanol–water partition coefficient (Wildman–Crippen LogP) is 2.92. The molecule has 0 aliphatic carbocycles. The molecule has 0 amide bonds. The van der Waals surface area contributed by atoms with Gasteiger partial charge in [-0.25, -0.2) is 0 Å². The highest BCUT2D eigenvalue weighted by atomic mass is 16.3. The number of aryl methyl sites for hydroxylation is 1. The number of aromatic nitrogens is 3. The van der Waals surface area contributed by atoms with Crippen LogP contribution in [0.3, 0.4) is 0 Å². The van der Waals surface area contributed by atoms with Crippen molar-refractivity contribution >= 4 is 10.8 Å². The average Bonchev–Trinajstić information content (AvgIpc) is 2.94. The van der Waals surface area contributed by atoms with Gasteiger partial charge in [0.15, 0.2) is 0 Å². The lowest BCUT2D eigenvalue weighted by Crippen LogP contribution is -2.10. The molecule has 1 aromatic carbocycles. The van der Waals surface area contributed by atoms with Gasteiger partial charge in [0, 0.05) is 30.5 Å². The lowest BCUT2D eigenvalue weighted by Gasteiger charge is -2.15. The second-order valence-corrected chi connectivity index (χ2v) is 4.83. The summed E-state index contributed by atoms with van der Waals surface area (Å²) in [5.74, 6) is 0. The molecule has 0 aliphatic rings. The van der Waals surface area contributed by atoms with E-state index < -0.39 is 6.10 Å². The SMILES string of the molecule is CCCn1nccc1C(O)c1cccc2ccncc12. The minimum Gasteiger partial charge on any atom is -0.382 e. The Hall–Kier alpha value is -2.20. The maximum Gasteiger partial charge on any atom is 0.121 e. The van der Waals surface area contributed by atoms with Crippen molar-refractivity contribution in [1.82, 2.24) is 14.8 Å². The van der Waals surface area contributed by atoms with Crippen LogP contribution >= 0.6 is 0 Å². The molecule has 0 spiro atoms. The molecule has 3 rings (SSSR count). The fourth-order valence-corrected chi connectivity index (χ4v) is 2.51. The summed E-state index contributed by atoms with van der Waals surface area (Å²) in [6.45, 7) is 2.90. The van der Waals surface area contributed by atoms with E-state index in [9.17, 15) is 5.11 Å². The number of aliphatic hydroxyl groups excluding tert-OH is 1. The minimum absolute atomic E-state index is 0.683. The Labute approximate surface area is 117 Å². The van der Waals surface area contributed by atoms with Crippen molar-refractivity contribution < 1.29 is 5.11 Å². The highest BCUT2D eigenvalue weighted by Gasteiger charge is 2.17. The quantitative estimate of drug-likeness (QED) is 0.790. The summed E-state index contributed by atoms with van der Waals surface area (Å²) < 4.78 is 1.86. The van der Waals surface area contributed by atoms with Crippen LogP contribution in [0, 0.1) is 0 Å². The van der Waals surface area contributed by atoms with Crippen molar-refractivity contribution in [1.29, 1.82) is 0 Å². The molecule has 1 atom stereocenters. The Kier molecular flexibility index (Phi) is 3.48. The summed E-state index contributed by atoms with van der Waals surface area (Å²) in [5, 5.41) is 17.0. The van der Waals surface area contributed by atoms with Crippen molar-refractivity contribution in [3.8, 4) is 0 Å². The molecule has 4 heteroatoms. The highest BCUT2D eigenvalue weighted by molar-refractivity contribution is 5.85. The molecule has 0 fully saturated rings. The van der Waals surface area contributed by atoms with Crippen LogP contribution < -0.4 is 0 Å². The Bertz CT molecular complexity index is 715. The number of benzene rings is 1. The highest BCUT2D eigenvalue weighted by Crippen LogP contribution is 2.28. The van der Waals surface area contributed by atoms with Crippen LogP contribution in [0.25, 0.3) is 10.8 Å². The fourth-order valence-electron chi connectivity index (χ4n) is 2.51. The molecule has 0 saturated heterocycles. The van der Waals surface area contributed by atoms with E-state index >= 15 is 0 Å². The van der Waals surface area contributed by atoms with E-state index in [4.69, 9.17) is 0 Å². The predicted molar refractivity (Wildman–Crippen MR) is 78.3 cm³/mol. The summed E-state index contributed by atoms with van der Waals surface area (Å²) in [5.41, 5.74) is 1.69. The molecule has 1 unspecified atom stereocenters. The monoisotopic (exact) mass is 267 g/mol. The van der Waals surface area contributed by atoms with Crippen LogP contribution in [-0.2, 0) is 6.54 Å². The molecule has 3 aromatic rings. The summed E-state index contributed by atoms with van der Waals surface area (Å²) in [7, 11) is 0. The van der Waals surface area contributed by atoms with E-state index in [1.54, 1.807) is 18.6 Å². The molecule has 20 heavy (non-hydrogen) atoms. The molecule has 0 radical (unpaired) electrons. The van der Waals surface area contributed by atoms with E-state index in [2.05, 4.69) is 17.0 Å². The standard InChI is InChI=1S/C16H17N3O/c1-2-10-19-15(7-9-18-19)16(20)13-5-3-4-12-6-8-17-11-14(12)13/h3-9,11,16,20H,2,10H2,1H3. The lowest BCUT2D eigenvalue weighted by molar-refractivity contribution is 0.209. The Morgan fingerprint density at radius 3 is 2.95 bits per heavy atom. The van der Waals surface area contributed by atoms with E-state index in [1.807, 2.05) is 35.0 Å². The van der Waals surface area contributed by atoms with Crippen LogP contribution in [0.1, 0.15) is 30.7 Å². The minimum atomic E-state index is -0.683. The van der Waals surface area contributed by atoms with E-state index in [-0.39, 0.29) is 0 Å². The molecule has 0 aliphatic heterocycles. The Morgan fingerprint density at radius 1 is 1.20 bits per heavy atom. The zero-order valence-corrected chi connectivity index (χ0v) is 11.4. The third-order valence-electron chi connectivity index (χ3n) is 3.48. The number of hydrogen-bond acceptors (Lipinski definition) is 3. The summed E-state index contributed by atoms with van der Waals surface area (Å²) in [6, 6.07) is 9.75. The summed E-state index contributed by atoms with van der Waals surface area (Å²) in [4.78, 5) is 4.16. The van der Waals surface area contributed by atoms with Crippen LogP contribution in [0.15, 0.2) is 48.9 Å². The average molecular weight is 267 g/mol. The largest absolute Gasteiger partial charge is 0.382 e. The molecule has 102 valence electrons. The second-order valence-electron chi connectivity index (χ2n) is 4.83. The van der Waals surface area contributed by atoms with Gasteiger partial charge in [-0.3, -0.25) is 9.67 Å². The van der Waals surface area contributed by atoms with Crippen molar-refractivity contribution in [3.05, 3.63) is 60.2 Å². The van der Waals surface area contributed by atoms with Gasteiger partial charge in [0.2, 0.25) is 0 Å². The Balaban J connectivity index is 2.08. The first kappa shape index (κ1) is 12.8. The first-order valence-corrected chi connectivity index (χ1v) is 6.83. The van der Waals surface area contributed by atoms with E-state index in [0.29, 0.717) is 0 Å². The van der Waals surface area contributed by atoms with Gasteiger partial charge < -0.3 is 5.11 Å². The molecular weight excluding hydrogens is 250 g/mol. The van der Waals surface area contributed by atoms with Crippen molar-refractivity contribution in [3.63, 3.8) is 0 Å². The summed E-state index contributed by atoms with van der Waals surface area (Å²) >= 11 is 0. The van der Waals surface area contributed by atoms with Gasteiger partial charge in [-0.2, -0.15) is 5.10 Å². The van der Waals surface area contributed by atoms with Crippen molar-refractivity contribution in [2.75, 3.05) is 0 Å². The first-order valence-electron chi connectivity index (χ1n) is 6.83. The normalized spacial score (nSPS) is 12.7. The van der Waals surface area contributed by atoms with Crippen molar-refractivity contribution in [2.24, 2.45) is 0 Å². The van der Waals surface area contributed by atoms with Crippen LogP contribution in [0.4, 0.5) is 0 Å². The van der Waals surface area contributed by atoms with Gasteiger partial charge in [-0.15, -0.1) is 0 Å². The third-order valence-corrected chi connectivity index (χ3v) is 3.48. The van der Waals surface area contributed by atoms with Gasteiger partial charge in [-0.05, 0) is 29.5 Å². The van der Waals surface area contributed by atoms with Gasteiger partial charge in [-0.1, -0.05) is 25.1 Å². The first-order chi connectivity index (χ1) is 9.81. The van der Waals surface area contributed by atoms with Gasteiger partial charge >= 0.3 is 0 Å². The summed E-state index contributed by atoms with van der Waals surface area (Å²) in [6.07, 6.45) is 5.60. The molecule has 1 N–H and O–H groups in total. The second kappa shape index (κ2) is 5.43. The van der Waals surface area contributed by atoms with E-state index in [1.165, 1.54) is 0 Å². The number of rotatable bonds is 4. The molecular formula is C16H17N3O. The molecule has 2 heterocycles. The molecule has 0 bridgehead atoms. The Morgan fingerprint density at radius 2 is 2.10 bits per heavy atom. The van der Waals surface area contributed by atoms with Crippen molar-refractivity contribution in [2.45, 2.75) is 26.0 Å². The number of fused-ring (bicyclic) bond motifs is 1. The molecule has 0 saturated carbocycles. The fraction of sp³-hybridized carbons (Fsp3) is 0.250. The third kappa shape index (κ3) is 2.18. The topological polar surface area (TPSA) is 50.9 Å². The smallest absolute Gasteiger partial charge is 0.121 e. The maximum atomic E-state index is 10.7. The van der Waals surface area contributed by atoms with Gasteiger partial charge in [0.25, 0.3) is 0 Å². The maximum absolute atomic E-state index is 10.7. The zero-order valence-electron chi connectivity index (χ0n) is 11.4. The van der Waals surface area contributed by atoms with Crippen LogP contribution in [-0.4, -0.2) is 19.9 Å². The number of pyridine rings is 1. The molecule has 2 aromatic heterocycles. The van der Waals surface area contributed by atoms with Gasteiger partial charge in [0.05, 0.1) is 5.69 Å². The number of hydrogen-bond donors (Lipinski definition) is 1. The number of nitrogens with zero attached hydrogens (tertiary/aromatic N) is 3. The lowest BCUT2D eigenvalue weighted by atomic mass is 10.0. The molecule has 4 nitrogen and oxygen atoms in total.